The van der Waals surface area contributed by atoms with Crippen molar-refractivity contribution in [2.24, 2.45) is 0 Å². The third kappa shape index (κ3) is 1.53. The summed E-state index contributed by atoms with van der Waals surface area (Å²) in [6.07, 6.45) is 9.72. The molecular weight excluding hydrogens is 210 g/mol. The number of hydrogen-bond donors (Lipinski definition) is 0. The Balaban J connectivity index is 2.12. The van der Waals surface area contributed by atoms with Gasteiger partial charge in [0, 0.05) is 36.4 Å². The van der Waals surface area contributed by atoms with E-state index in [2.05, 4.69) is 14.5 Å². The predicted molar refractivity (Wildman–Crippen MR) is 58.7 cm³/mol. The van der Waals surface area contributed by atoms with Gasteiger partial charge in [0.15, 0.2) is 0 Å². The second-order valence-corrected chi connectivity index (χ2v) is 4.15. The zero-order chi connectivity index (χ0) is 10.3. The third-order valence-corrected chi connectivity index (χ3v) is 2.92. The Kier molecular flexibility index (Phi) is 1.99. The van der Waals surface area contributed by atoms with E-state index in [0.717, 1.165) is 11.4 Å². The summed E-state index contributed by atoms with van der Waals surface area (Å²) in [5, 5.41) is 0.658. The van der Waals surface area contributed by atoms with Crippen molar-refractivity contribution in [1.29, 1.82) is 0 Å². The van der Waals surface area contributed by atoms with Crippen LogP contribution in [0.15, 0.2) is 30.9 Å². The van der Waals surface area contributed by atoms with E-state index in [9.17, 15) is 0 Å². The zero-order valence-electron chi connectivity index (χ0n) is 8.10. The van der Waals surface area contributed by atoms with Gasteiger partial charge in [0.2, 0.25) is 0 Å². The average molecular weight is 220 g/mol. The molecule has 0 aromatic carbocycles. The Morgan fingerprint density at radius 1 is 1.33 bits per heavy atom. The fourth-order valence-corrected chi connectivity index (χ4v) is 1.93. The number of nitrogens with zero attached hydrogens (tertiary/aromatic N) is 3. The molecule has 2 aromatic heterocycles. The minimum Gasteiger partial charge on any atom is -0.328 e. The molecule has 0 saturated heterocycles. The van der Waals surface area contributed by atoms with E-state index < -0.39 is 0 Å². The molecule has 0 atom stereocenters. The van der Waals surface area contributed by atoms with Crippen LogP contribution in [-0.2, 0) is 0 Å². The van der Waals surface area contributed by atoms with Crippen LogP contribution in [0.2, 0.25) is 5.02 Å². The van der Waals surface area contributed by atoms with Gasteiger partial charge < -0.3 is 4.57 Å². The van der Waals surface area contributed by atoms with Crippen molar-refractivity contribution < 1.29 is 0 Å². The Bertz CT molecular complexity index is 488. The van der Waals surface area contributed by atoms with Gasteiger partial charge >= 0.3 is 0 Å². The molecule has 0 aliphatic heterocycles. The van der Waals surface area contributed by atoms with Crippen LogP contribution in [0.3, 0.4) is 0 Å². The van der Waals surface area contributed by atoms with Crippen molar-refractivity contribution >= 4 is 11.6 Å². The minimum atomic E-state index is 0.617. The smallest absolute Gasteiger partial charge is 0.141 e. The standard InChI is InChI=1S/C11H10ClN3/c12-10-7-13-4-3-9(10)11-14-5-6-15(11)8-1-2-8/h3-8H,1-2H2. The number of aromatic nitrogens is 3. The number of imidazole rings is 1. The van der Waals surface area contributed by atoms with Gasteiger partial charge in [-0.1, -0.05) is 11.6 Å². The first-order valence-corrected chi connectivity index (χ1v) is 5.37. The van der Waals surface area contributed by atoms with Crippen molar-refractivity contribution in [3.05, 3.63) is 35.9 Å². The summed E-state index contributed by atoms with van der Waals surface area (Å²) < 4.78 is 2.20. The Morgan fingerprint density at radius 3 is 2.93 bits per heavy atom. The molecule has 76 valence electrons. The summed E-state index contributed by atoms with van der Waals surface area (Å²) in [5.74, 6) is 0.949. The van der Waals surface area contributed by atoms with E-state index in [-0.39, 0.29) is 0 Å². The van der Waals surface area contributed by atoms with Crippen molar-refractivity contribution in [1.82, 2.24) is 14.5 Å². The molecule has 1 saturated carbocycles. The highest BCUT2D eigenvalue weighted by molar-refractivity contribution is 6.33. The molecule has 3 nitrogen and oxygen atoms in total. The summed E-state index contributed by atoms with van der Waals surface area (Å²) in [7, 11) is 0. The molecule has 4 heteroatoms. The van der Waals surface area contributed by atoms with E-state index in [1.807, 2.05) is 18.5 Å². The first-order valence-electron chi connectivity index (χ1n) is 4.99. The molecule has 3 rings (SSSR count). The first kappa shape index (κ1) is 8.92. The molecular formula is C11H10ClN3. The largest absolute Gasteiger partial charge is 0.328 e. The van der Waals surface area contributed by atoms with E-state index in [1.165, 1.54) is 12.8 Å². The maximum absolute atomic E-state index is 6.10. The fourth-order valence-electron chi connectivity index (χ4n) is 1.73. The Labute approximate surface area is 92.7 Å². The second-order valence-electron chi connectivity index (χ2n) is 3.74. The van der Waals surface area contributed by atoms with Crippen molar-refractivity contribution in [3.63, 3.8) is 0 Å². The van der Waals surface area contributed by atoms with Crippen LogP contribution in [0.25, 0.3) is 11.4 Å². The highest BCUT2D eigenvalue weighted by Crippen LogP contribution is 2.38. The van der Waals surface area contributed by atoms with Gasteiger partial charge in [0.05, 0.1) is 5.02 Å². The Hall–Kier alpha value is -1.35. The van der Waals surface area contributed by atoms with Crippen LogP contribution in [0, 0.1) is 0 Å². The van der Waals surface area contributed by atoms with Crippen LogP contribution in [-0.4, -0.2) is 14.5 Å². The van der Waals surface area contributed by atoms with E-state index in [4.69, 9.17) is 11.6 Å². The van der Waals surface area contributed by atoms with Crippen molar-refractivity contribution in [2.75, 3.05) is 0 Å². The molecule has 1 aliphatic rings. The maximum Gasteiger partial charge on any atom is 0.141 e. The van der Waals surface area contributed by atoms with Crippen molar-refractivity contribution in [2.45, 2.75) is 18.9 Å². The lowest BCUT2D eigenvalue weighted by atomic mass is 10.2. The van der Waals surface area contributed by atoms with E-state index >= 15 is 0 Å². The van der Waals surface area contributed by atoms with Crippen LogP contribution in [0.1, 0.15) is 18.9 Å². The molecule has 0 amide bonds. The quantitative estimate of drug-likeness (QED) is 0.778. The first-order chi connectivity index (χ1) is 7.36. The number of hydrogen-bond acceptors (Lipinski definition) is 2. The van der Waals surface area contributed by atoms with Crippen LogP contribution in [0.4, 0.5) is 0 Å². The summed E-state index contributed by atoms with van der Waals surface area (Å²) in [4.78, 5) is 8.34. The highest BCUT2D eigenvalue weighted by atomic mass is 35.5. The molecule has 0 N–H and O–H groups in total. The van der Waals surface area contributed by atoms with Gasteiger partial charge in [-0.05, 0) is 18.9 Å². The molecule has 0 spiro atoms. The van der Waals surface area contributed by atoms with Crippen LogP contribution in [0.5, 0.6) is 0 Å². The third-order valence-electron chi connectivity index (χ3n) is 2.62. The van der Waals surface area contributed by atoms with Crippen molar-refractivity contribution in [3.8, 4) is 11.4 Å². The topological polar surface area (TPSA) is 30.7 Å². The van der Waals surface area contributed by atoms with E-state index in [1.54, 1.807) is 12.4 Å². The lowest BCUT2D eigenvalue weighted by Gasteiger charge is -2.06. The van der Waals surface area contributed by atoms with Crippen LogP contribution < -0.4 is 0 Å². The molecule has 2 heterocycles. The molecule has 1 fully saturated rings. The summed E-state index contributed by atoms with van der Waals surface area (Å²) in [5.41, 5.74) is 0.962. The second kappa shape index (κ2) is 3.35. The number of halogens is 1. The molecule has 15 heavy (non-hydrogen) atoms. The monoisotopic (exact) mass is 219 g/mol. The molecule has 0 radical (unpaired) electrons. The van der Waals surface area contributed by atoms with Gasteiger partial charge in [0.1, 0.15) is 5.82 Å². The number of pyridine rings is 1. The zero-order valence-corrected chi connectivity index (χ0v) is 8.85. The lowest BCUT2D eigenvalue weighted by molar-refractivity contribution is 0.750. The average Bonchev–Trinajstić information content (AvgIpc) is 2.98. The normalized spacial score (nSPS) is 15.5. The van der Waals surface area contributed by atoms with Gasteiger partial charge in [-0.25, -0.2) is 4.98 Å². The van der Waals surface area contributed by atoms with Gasteiger partial charge in [-0.15, -0.1) is 0 Å². The van der Waals surface area contributed by atoms with Gasteiger partial charge in [0.25, 0.3) is 0 Å². The SMILES string of the molecule is Clc1cnccc1-c1nccn1C1CC1. The predicted octanol–water partition coefficient (Wildman–Crippen LogP) is 2.93. The van der Waals surface area contributed by atoms with Crippen LogP contribution >= 0.6 is 11.6 Å². The van der Waals surface area contributed by atoms with Gasteiger partial charge in [-0.3, -0.25) is 4.98 Å². The molecule has 2 aromatic rings. The molecule has 0 bridgehead atoms. The lowest BCUT2D eigenvalue weighted by Crippen LogP contribution is -1.96. The highest BCUT2D eigenvalue weighted by Gasteiger charge is 2.26. The number of rotatable bonds is 2. The van der Waals surface area contributed by atoms with Gasteiger partial charge in [-0.2, -0.15) is 0 Å². The summed E-state index contributed by atoms with van der Waals surface area (Å²) >= 11 is 6.10. The minimum absolute atomic E-state index is 0.617. The fraction of sp³-hybridized carbons (Fsp3) is 0.273. The maximum atomic E-state index is 6.10. The molecule has 0 unspecified atom stereocenters. The summed E-state index contributed by atoms with van der Waals surface area (Å²) in [6, 6.07) is 2.52. The summed E-state index contributed by atoms with van der Waals surface area (Å²) in [6.45, 7) is 0. The molecule has 1 aliphatic carbocycles. The van der Waals surface area contributed by atoms with E-state index in [0.29, 0.717) is 11.1 Å². The Morgan fingerprint density at radius 2 is 2.20 bits per heavy atom.